The third-order valence-electron chi connectivity index (χ3n) is 3.37. The summed E-state index contributed by atoms with van der Waals surface area (Å²) in [7, 11) is 0. The molecular weight excluding hydrogens is 204 g/mol. The lowest BCUT2D eigenvalue weighted by Gasteiger charge is -2.14. The Morgan fingerprint density at radius 1 is 1.53 bits per heavy atom. The smallest absolute Gasteiger partial charge is 0.0798 e. The summed E-state index contributed by atoms with van der Waals surface area (Å²) >= 11 is 1.76. The van der Waals surface area contributed by atoms with Crippen LogP contribution in [0.1, 0.15) is 43.2 Å². The number of rotatable bonds is 6. The zero-order valence-corrected chi connectivity index (χ0v) is 10.5. The molecule has 0 aromatic carbocycles. The van der Waals surface area contributed by atoms with Crippen molar-refractivity contribution in [2.75, 3.05) is 6.54 Å². The van der Waals surface area contributed by atoms with Crippen LogP contribution in [0.3, 0.4) is 0 Å². The van der Waals surface area contributed by atoms with E-state index in [-0.39, 0.29) is 0 Å². The fourth-order valence-electron chi connectivity index (χ4n) is 2.16. The second-order valence-corrected chi connectivity index (χ2v) is 5.65. The Hall–Kier alpha value is -0.410. The molecule has 1 aliphatic carbocycles. The molecule has 15 heavy (non-hydrogen) atoms. The molecule has 1 N–H and O–H groups in total. The van der Waals surface area contributed by atoms with Gasteiger partial charge in [-0.2, -0.15) is 0 Å². The molecule has 0 atom stereocenters. The zero-order valence-electron chi connectivity index (χ0n) is 9.68. The Balaban J connectivity index is 1.73. The summed E-state index contributed by atoms with van der Waals surface area (Å²) in [5, 5.41) is 3.59. The zero-order chi connectivity index (χ0) is 10.7. The van der Waals surface area contributed by atoms with Gasteiger partial charge < -0.3 is 5.32 Å². The molecule has 0 radical (unpaired) electrons. The van der Waals surface area contributed by atoms with Crippen LogP contribution in [-0.4, -0.2) is 11.5 Å². The third kappa shape index (κ3) is 2.79. The number of nitrogens with one attached hydrogen (secondary N) is 1. The third-order valence-corrected chi connectivity index (χ3v) is 4.30. The molecule has 1 aliphatic rings. The summed E-state index contributed by atoms with van der Waals surface area (Å²) in [6.45, 7) is 6.57. The number of hydrogen-bond donors (Lipinski definition) is 1. The molecule has 1 aromatic rings. The summed E-state index contributed by atoms with van der Waals surface area (Å²) in [4.78, 5) is 5.65. The van der Waals surface area contributed by atoms with E-state index < -0.39 is 0 Å². The van der Waals surface area contributed by atoms with Crippen molar-refractivity contribution in [3.8, 4) is 0 Å². The van der Waals surface area contributed by atoms with Gasteiger partial charge in [0, 0.05) is 18.0 Å². The first-order valence-corrected chi connectivity index (χ1v) is 6.73. The number of hydrogen-bond acceptors (Lipinski definition) is 3. The standard InChI is InChI=1S/C12H20N2S/c1-3-4-12(5-6-12)8-13-7-11-10(2)14-9-15-11/h9,13H,3-8H2,1-2H3. The highest BCUT2D eigenvalue weighted by Gasteiger charge is 2.40. The van der Waals surface area contributed by atoms with Crippen LogP contribution in [0.2, 0.25) is 0 Å². The van der Waals surface area contributed by atoms with E-state index in [9.17, 15) is 0 Å². The van der Waals surface area contributed by atoms with E-state index in [1.54, 1.807) is 11.3 Å². The molecule has 0 unspecified atom stereocenters. The van der Waals surface area contributed by atoms with Crippen LogP contribution in [-0.2, 0) is 6.54 Å². The van der Waals surface area contributed by atoms with Gasteiger partial charge in [-0.25, -0.2) is 4.98 Å². The monoisotopic (exact) mass is 224 g/mol. The highest BCUT2D eigenvalue weighted by molar-refractivity contribution is 7.09. The first-order valence-electron chi connectivity index (χ1n) is 5.85. The van der Waals surface area contributed by atoms with Crippen LogP contribution in [0.4, 0.5) is 0 Å². The van der Waals surface area contributed by atoms with E-state index in [0.717, 1.165) is 6.54 Å². The van der Waals surface area contributed by atoms with Gasteiger partial charge in [0.05, 0.1) is 11.2 Å². The number of aromatic nitrogens is 1. The lowest BCUT2D eigenvalue weighted by molar-refractivity contribution is 0.421. The lowest BCUT2D eigenvalue weighted by atomic mass is 10.0. The minimum Gasteiger partial charge on any atom is -0.311 e. The van der Waals surface area contributed by atoms with Gasteiger partial charge in [0.2, 0.25) is 0 Å². The van der Waals surface area contributed by atoms with E-state index in [1.807, 2.05) is 5.51 Å². The normalized spacial score (nSPS) is 18.0. The van der Waals surface area contributed by atoms with Crippen molar-refractivity contribution >= 4 is 11.3 Å². The highest BCUT2D eigenvalue weighted by Crippen LogP contribution is 2.48. The fraction of sp³-hybridized carbons (Fsp3) is 0.750. The van der Waals surface area contributed by atoms with Gasteiger partial charge in [0.15, 0.2) is 0 Å². The molecule has 1 aromatic heterocycles. The van der Waals surface area contributed by atoms with E-state index in [4.69, 9.17) is 0 Å². The summed E-state index contributed by atoms with van der Waals surface area (Å²) in [5.74, 6) is 0. The molecule has 0 saturated heterocycles. The maximum absolute atomic E-state index is 4.26. The summed E-state index contributed by atoms with van der Waals surface area (Å²) in [6, 6.07) is 0. The largest absolute Gasteiger partial charge is 0.311 e. The van der Waals surface area contributed by atoms with E-state index >= 15 is 0 Å². The van der Waals surface area contributed by atoms with E-state index in [2.05, 4.69) is 24.1 Å². The van der Waals surface area contributed by atoms with Gasteiger partial charge in [0.25, 0.3) is 0 Å². The van der Waals surface area contributed by atoms with Crippen molar-refractivity contribution < 1.29 is 0 Å². The minimum atomic E-state index is 0.660. The van der Waals surface area contributed by atoms with E-state index in [0.29, 0.717) is 5.41 Å². The molecule has 2 nitrogen and oxygen atoms in total. The Morgan fingerprint density at radius 2 is 2.33 bits per heavy atom. The van der Waals surface area contributed by atoms with E-state index in [1.165, 1.54) is 42.8 Å². The first kappa shape index (κ1) is 11.1. The van der Waals surface area contributed by atoms with Crippen molar-refractivity contribution in [2.45, 2.75) is 46.1 Å². The average molecular weight is 224 g/mol. The Labute approximate surface area is 96.1 Å². The summed E-state index contributed by atoms with van der Waals surface area (Å²) < 4.78 is 0. The molecule has 0 spiro atoms. The topological polar surface area (TPSA) is 24.9 Å². The predicted octanol–water partition coefficient (Wildman–Crippen LogP) is 3.12. The molecule has 1 heterocycles. The molecule has 1 fully saturated rings. The second-order valence-electron chi connectivity index (χ2n) is 4.71. The van der Waals surface area contributed by atoms with Crippen LogP contribution < -0.4 is 5.32 Å². The van der Waals surface area contributed by atoms with Gasteiger partial charge >= 0.3 is 0 Å². The van der Waals surface area contributed by atoms with Gasteiger partial charge in [-0.05, 0) is 31.6 Å². The maximum atomic E-state index is 4.26. The molecule has 0 aliphatic heterocycles. The molecule has 1 saturated carbocycles. The van der Waals surface area contributed by atoms with Gasteiger partial charge in [0.1, 0.15) is 0 Å². The van der Waals surface area contributed by atoms with Crippen molar-refractivity contribution in [3.05, 3.63) is 16.1 Å². The van der Waals surface area contributed by atoms with Crippen LogP contribution in [0.15, 0.2) is 5.51 Å². The summed E-state index contributed by atoms with van der Waals surface area (Å²) in [5.41, 5.74) is 3.78. The number of aryl methyl sites for hydroxylation is 1. The Bertz CT molecular complexity index is 315. The van der Waals surface area contributed by atoms with Crippen molar-refractivity contribution in [1.82, 2.24) is 10.3 Å². The van der Waals surface area contributed by atoms with Crippen molar-refractivity contribution in [2.24, 2.45) is 5.41 Å². The second kappa shape index (κ2) is 4.62. The van der Waals surface area contributed by atoms with Crippen LogP contribution in [0, 0.1) is 12.3 Å². The molecule has 84 valence electrons. The van der Waals surface area contributed by atoms with Crippen molar-refractivity contribution in [3.63, 3.8) is 0 Å². The lowest BCUT2D eigenvalue weighted by Crippen LogP contribution is -2.23. The Morgan fingerprint density at radius 3 is 2.87 bits per heavy atom. The van der Waals surface area contributed by atoms with Crippen LogP contribution >= 0.6 is 11.3 Å². The van der Waals surface area contributed by atoms with Crippen LogP contribution in [0.5, 0.6) is 0 Å². The van der Waals surface area contributed by atoms with Gasteiger partial charge in [-0.1, -0.05) is 13.3 Å². The first-order chi connectivity index (χ1) is 7.26. The Kier molecular flexibility index (Phi) is 3.42. The fourth-order valence-corrected chi connectivity index (χ4v) is 2.91. The minimum absolute atomic E-state index is 0.660. The van der Waals surface area contributed by atoms with Crippen LogP contribution in [0.25, 0.3) is 0 Å². The maximum Gasteiger partial charge on any atom is 0.0798 e. The highest BCUT2D eigenvalue weighted by atomic mass is 32.1. The average Bonchev–Trinajstić information content (AvgIpc) is 2.85. The molecule has 2 rings (SSSR count). The number of nitrogens with zero attached hydrogens (tertiary/aromatic N) is 1. The van der Waals surface area contributed by atoms with Gasteiger partial charge in [-0.3, -0.25) is 0 Å². The molecular formula is C12H20N2S. The predicted molar refractivity (Wildman–Crippen MR) is 65.1 cm³/mol. The quantitative estimate of drug-likeness (QED) is 0.803. The summed E-state index contributed by atoms with van der Waals surface area (Å²) in [6.07, 6.45) is 5.56. The SMILES string of the molecule is CCCC1(CNCc2scnc2C)CC1. The molecule has 3 heteroatoms. The molecule has 0 bridgehead atoms. The number of thiazole rings is 1. The molecule has 0 amide bonds. The van der Waals surface area contributed by atoms with Gasteiger partial charge in [-0.15, -0.1) is 11.3 Å². The van der Waals surface area contributed by atoms with Crippen molar-refractivity contribution in [1.29, 1.82) is 0 Å².